The number of rotatable bonds is 15. The molecule has 10 aromatic rings. The van der Waals surface area contributed by atoms with Crippen LogP contribution in [0.1, 0.15) is 176 Å². The molecule has 41 heteroatoms. The van der Waals surface area contributed by atoms with Gasteiger partial charge in [0.1, 0.15) is 137 Å². The number of nitrogens with zero attached hydrogens (tertiary/aromatic N) is 10. The first-order valence-electron chi connectivity index (χ1n) is 47.1. The summed E-state index contributed by atoms with van der Waals surface area (Å²) in [4.78, 5) is 57.8. The summed E-state index contributed by atoms with van der Waals surface area (Å²) in [6.07, 6.45) is 8.63. The highest BCUT2D eigenvalue weighted by molar-refractivity contribution is 8.16. The third kappa shape index (κ3) is 20.1. The molecule has 21 nitrogen and oxygen atoms in total. The second kappa shape index (κ2) is 43.9. The molecule has 0 saturated heterocycles. The van der Waals surface area contributed by atoms with Crippen LogP contribution in [0.4, 0.5) is 71.5 Å². The van der Waals surface area contributed by atoms with E-state index in [9.17, 15) is 89.8 Å². The average molecular weight is 2110 g/mol. The molecule has 0 bridgehead atoms. The highest BCUT2D eigenvalue weighted by atomic mass is 32.2. The lowest BCUT2D eigenvalue weighted by Gasteiger charge is -2.46. The van der Waals surface area contributed by atoms with Gasteiger partial charge in [0.25, 0.3) is 0 Å². The number of fused-ring (bicyclic) bond motifs is 10. The molecular formula is C105H101F15N16O5S5. The van der Waals surface area contributed by atoms with E-state index >= 15 is 0 Å². The smallest absolute Gasteiger partial charge is 0.241 e. The number of hydrogen-bond donors (Lipinski definition) is 6. The number of hydrazone groups is 5. The van der Waals surface area contributed by atoms with Crippen LogP contribution in [0.25, 0.3) is 0 Å². The maximum absolute atomic E-state index is 14.5. The number of benzene rings is 10. The van der Waals surface area contributed by atoms with E-state index in [1.54, 1.807) is 31.2 Å². The number of halogens is 15. The van der Waals surface area contributed by atoms with E-state index in [4.69, 9.17) is 28.7 Å². The predicted molar refractivity (Wildman–Crippen MR) is 538 cm³/mol. The zero-order valence-corrected chi connectivity index (χ0v) is 83.8. The minimum absolute atomic E-state index is 0.0202. The van der Waals surface area contributed by atoms with Crippen LogP contribution in [0.5, 0.6) is 0 Å². The Morgan fingerprint density at radius 1 is 0.288 bits per heavy atom. The van der Waals surface area contributed by atoms with Crippen molar-refractivity contribution < 1.29 is 89.8 Å². The first-order valence-corrected chi connectivity index (χ1v) is 51.2. The number of amides is 5. The molecule has 11 N–H and O–H groups in total. The molecule has 0 aromatic heterocycles. The Hall–Kier alpha value is -11.8. The molecule has 0 saturated carbocycles. The highest BCUT2D eigenvalue weighted by Gasteiger charge is 2.62. The van der Waals surface area contributed by atoms with E-state index in [1.165, 1.54) is 167 Å². The molecule has 5 amide bonds. The molecule has 146 heavy (non-hydrogen) atoms. The van der Waals surface area contributed by atoms with Crippen LogP contribution >= 0.6 is 58.8 Å². The molecule has 10 aromatic carbocycles. The Morgan fingerprint density at radius 2 is 0.486 bits per heavy atom. The lowest BCUT2D eigenvalue weighted by Crippen LogP contribution is -2.51. The van der Waals surface area contributed by atoms with Crippen molar-refractivity contribution in [2.24, 2.45) is 83.8 Å². The lowest BCUT2D eigenvalue weighted by molar-refractivity contribution is -0.135. The van der Waals surface area contributed by atoms with Gasteiger partial charge >= 0.3 is 0 Å². The minimum atomic E-state index is -1.12. The molecule has 2 unspecified atom stereocenters. The Morgan fingerprint density at radius 3 is 0.705 bits per heavy atom. The van der Waals surface area contributed by atoms with E-state index in [-0.39, 0.29) is 112 Å². The lowest BCUT2D eigenvalue weighted by atomic mass is 9.77. The van der Waals surface area contributed by atoms with E-state index < -0.39 is 112 Å². The van der Waals surface area contributed by atoms with Gasteiger partial charge in [-0.1, -0.05) is 83.1 Å². The van der Waals surface area contributed by atoms with E-state index in [0.717, 1.165) is 176 Å². The first-order chi connectivity index (χ1) is 69.7. The molecular weight excluding hydrogens is 2010 g/mol. The monoisotopic (exact) mass is 2110 g/mol. The van der Waals surface area contributed by atoms with Gasteiger partial charge in [-0.25, -0.2) is 90.9 Å². The predicted octanol–water partition coefficient (Wildman–Crippen LogP) is 20.4. The molecule has 20 rings (SSSR count). The summed E-state index contributed by atoms with van der Waals surface area (Å²) >= 11 is 5.83. The second-order valence-electron chi connectivity index (χ2n) is 36.6. The van der Waals surface area contributed by atoms with Crippen molar-refractivity contribution in [3.63, 3.8) is 0 Å². The number of anilines is 1. The van der Waals surface area contributed by atoms with Crippen LogP contribution in [0, 0.1) is 124 Å². The zero-order valence-electron chi connectivity index (χ0n) is 79.7. The topological polar surface area (TPSA) is 305 Å². The summed E-state index contributed by atoms with van der Waals surface area (Å²) in [5, 5.41) is 32.7. The maximum atomic E-state index is 14.5. The number of thioether (sulfide) groups is 5. The number of carbonyl (C=O) groups excluding carboxylic acids is 5. The third-order valence-corrected chi connectivity index (χ3v) is 35.2. The van der Waals surface area contributed by atoms with Gasteiger partial charge in [0.15, 0.2) is 0 Å². The molecule has 5 spiro atoms. The van der Waals surface area contributed by atoms with Gasteiger partial charge in [0.05, 0.1) is 0 Å². The Labute approximate surface area is 853 Å². The zero-order chi connectivity index (χ0) is 105. The van der Waals surface area contributed by atoms with Crippen LogP contribution in [-0.2, 0) is 74.0 Å². The number of nitrogens with two attached hydrogens (primary N) is 5. The normalized spacial score (nSPS) is 23.2. The van der Waals surface area contributed by atoms with Gasteiger partial charge in [-0.15, -0.1) is 0 Å². The van der Waals surface area contributed by atoms with Gasteiger partial charge in [0, 0.05) is 86.1 Å². The van der Waals surface area contributed by atoms with E-state index in [0.29, 0.717) is 110 Å². The van der Waals surface area contributed by atoms with Crippen LogP contribution < -0.4 is 34.0 Å². The fourth-order valence-corrected chi connectivity index (χ4v) is 29.4. The van der Waals surface area contributed by atoms with Crippen molar-refractivity contribution in [1.29, 1.82) is 0 Å². The van der Waals surface area contributed by atoms with Gasteiger partial charge in [0.2, 0.25) is 29.5 Å². The highest BCUT2D eigenvalue weighted by Crippen LogP contribution is 2.64. The molecule has 10 atom stereocenters. The van der Waals surface area contributed by atoms with Gasteiger partial charge in [-0.2, -0.15) is 25.5 Å². The van der Waals surface area contributed by atoms with Crippen molar-refractivity contribution in [2.45, 2.75) is 149 Å². The molecule has 0 fully saturated rings. The van der Waals surface area contributed by atoms with Crippen molar-refractivity contribution in [3.05, 3.63) is 347 Å². The molecule has 10 aliphatic rings. The molecule has 4 aliphatic carbocycles. The van der Waals surface area contributed by atoms with Crippen LogP contribution in [0.2, 0.25) is 0 Å². The Kier molecular flexibility index (Phi) is 32.2. The van der Waals surface area contributed by atoms with Crippen molar-refractivity contribution >= 4 is 119 Å². The van der Waals surface area contributed by atoms with Gasteiger partial charge in [-0.05, 0) is 349 Å². The fourth-order valence-electron chi connectivity index (χ4n) is 21.3. The second-order valence-corrected chi connectivity index (χ2v) is 42.6. The summed E-state index contributed by atoms with van der Waals surface area (Å²) in [5.74, 6) is -10.9. The summed E-state index contributed by atoms with van der Waals surface area (Å²) in [7, 11) is 0. The van der Waals surface area contributed by atoms with Gasteiger partial charge in [-0.3, -0.25) is 24.0 Å². The fraction of sp³-hybridized carbons (Fsp3) is 0.333. The first kappa shape index (κ1) is 107. The summed E-state index contributed by atoms with van der Waals surface area (Å²) in [5.41, 5.74) is 37.2. The number of carbonyl (C=O) groups is 5. The van der Waals surface area contributed by atoms with Crippen molar-refractivity contribution in [1.82, 2.24) is 25.0 Å². The third-order valence-electron chi connectivity index (χ3n) is 27.5. The number of aryl methyl sites for hydroxylation is 5. The SMILES string of the molecule is CC(=O)N1N=C(c2cc(F)ccc2F)SC12c1cc(F)cc(C)c1NCC2CCN.CC(=O)N1N=C(c2cc(F)ccc2F)S[C@@]12c1cc(F)ccc1CC[C@@H]2CCN.CC(=O)N1N=C(c2cc(F)ccc2F)S[C@@]12c1cc(F)ccc1CC[C@H]2CCN.CC(=O)N1N=C(c2cc(F)ccc2F)S[C@]12c1cc(F)ccc1CC[C@@H]2CCN.CC(=O)N1N=C(c2cc(F)ccc2F)S[C@]12c1cc(F)ccc1CC[C@H]2CCN. The van der Waals surface area contributed by atoms with Crippen LogP contribution in [0.3, 0.4) is 0 Å². The van der Waals surface area contributed by atoms with Crippen molar-refractivity contribution in [3.8, 4) is 0 Å². The summed E-state index contributed by atoms with van der Waals surface area (Å²) < 4.78 is 213. The summed E-state index contributed by atoms with van der Waals surface area (Å²) in [6, 6.07) is 36.4. The quantitative estimate of drug-likeness (QED) is 0.0520. The van der Waals surface area contributed by atoms with Gasteiger partial charge < -0.3 is 34.0 Å². The molecule has 6 aliphatic heterocycles. The molecule has 6 heterocycles. The largest absolute Gasteiger partial charge is 0.384 e. The standard InChI is InChI=1S/C21H21F3N4OS.4C21H20F3N3OS/c1-11-7-15(23)9-17-19(11)26-10-13(5-6-25)21(17)28(12(2)29)27-20(30-21)16-8-14(22)3-4-18(16)24;4*1-12(28)27-21(29-20(26-27)17-10-15(22)6-7-19(17)24)14(8-9-25)4-2-13-3-5-16(23)11-18(13)21/h3-4,7-9,13,26H,5-6,10,25H2,1-2H3;4*3,5-7,10-11,14H,2,4,8-9,25H2,1H3/t;2*14-,21+;2*14-,21-/m.1010/s1. The van der Waals surface area contributed by atoms with E-state index in [2.05, 4.69) is 30.8 Å². The summed E-state index contributed by atoms with van der Waals surface area (Å²) in [6.45, 7) is 10.9. The molecule has 766 valence electrons. The number of hydrogen-bond acceptors (Lipinski definition) is 21. The Bertz CT molecular complexity index is 6350. The Balaban J connectivity index is 0.000000131. The van der Waals surface area contributed by atoms with Crippen LogP contribution in [-0.4, -0.2) is 119 Å². The van der Waals surface area contributed by atoms with Crippen LogP contribution in [0.15, 0.2) is 201 Å². The number of nitrogens with one attached hydrogen (secondary N) is 1. The minimum Gasteiger partial charge on any atom is -0.384 e. The maximum Gasteiger partial charge on any atom is 0.241 e. The average Bonchev–Trinajstić information content (AvgIpc) is 1.56. The molecule has 0 radical (unpaired) electrons. The van der Waals surface area contributed by atoms with Crippen molar-refractivity contribution in [2.75, 3.05) is 44.6 Å². The van der Waals surface area contributed by atoms with E-state index in [1.807, 2.05) is 0 Å².